The van der Waals surface area contributed by atoms with Gasteiger partial charge in [0.15, 0.2) is 0 Å². The number of hydrogen-bond acceptors (Lipinski definition) is 2. The van der Waals surface area contributed by atoms with Gasteiger partial charge in [0.1, 0.15) is 11.0 Å². The van der Waals surface area contributed by atoms with Gasteiger partial charge >= 0.3 is 0 Å². The van der Waals surface area contributed by atoms with Gasteiger partial charge in [0.25, 0.3) is 0 Å². The van der Waals surface area contributed by atoms with Crippen molar-refractivity contribution >= 4 is 11.0 Å². The predicted octanol–water partition coefficient (Wildman–Crippen LogP) is 0.870. The summed E-state index contributed by atoms with van der Waals surface area (Å²) in [7, 11) is 0. The summed E-state index contributed by atoms with van der Waals surface area (Å²) < 4.78 is 0. The largest absolute Gasteiger partial charge is 0.140 e. The van der Waals surface area contributed by atoms with Gasteiger partial charge in [-0.3, -0.25) is 0 Å². The van der Waals surface area contributed by atoms with E-state index in [-0.39, 0.29) is 0 Å². The van der Waals surface area contributed by atoms with Gasteiger partial charge in [-0.25, -0.2) is 0 Å². The van der Waals surface area contributed by atoms with Crippen LogP contribution in [0.4, 0.5) is 0 Å². The highest BCUT2D eigenvalue weighted by Crippen LogP contribution is 2.05. The highest BCUT2D eigenvalue weighted by atomic mass is 15.5. The summed E-state index contributed by atoms with van der Waals surface area (Å²) in [5.41, 5.74) is 1.65. The molecule has 52 valence electrons. The van der Waals surface area contributed by atoms with Crippen LogP contribution < -0.4 is 0 Å². The fourth-order valence-electron chi connectivity index (χ4n) is 0.917. The van der Waals surface area contributed by atoms with Crippen LogP contribution in [0.3, 0.4) is 0 Å². The maximum Gasteiger partial charge on any atom is 0.114 e. The standard InChI is InChI=1S/C8H5N3/c1-2-11-9-7-5-3-4-6-8(7)10-11/h1,3-6H. The summed E-state index contributed by atoms with van der Waals surface area (Å²) in [6.07, 6.45) is 5.10. The number of hydrogen-bond donors (Lipinski definition) is 0. The molecule has 0 amide bonds. The van der Waals surface area contributed by atoms with Crippen LogP contribution in [0.5, 0.6) is 0 Å². The summed E-state index contributed by atoms with van der Waals surface area (Å²) in [4.78, 5) is 1.23. The van der Waals surface area contributed by atoms with Gasteiger partial charge in [-0.1, -0.05) is 18.6 Å². The third-order valence-electron chi connectivity index (χ3n) is 1.40. The quantitative estimate of drug-likeness (QED) is 0.512. The Bertz CT molecular complexity index is 389. The molecule has 0 spiro atoms. The van der Waals surface area contributed by atoms with Crippen molar-refractivity contribution in [2.45, 2.75) is 0 Å². The third kappa shape index (κ3) is 0.849. The van der Waals surface area contributed by atoms with Gasteiger partial charge in [-0.05, 0) is 12.1 Å². The normalized spacial score (nSPS) is 9.73. The van der Waals surface area contributed by atoms with E-state index in [9.17, 15) is 0 Å². The number of nitrogens with zero attached hydrogens (tertiary/aromatic N) is 3. The maximum absolute atomic E-state index is 5.10. The zero-order valence-corrected chi connectivity index (χ0v) is 5.73. The molecule has 0 aliphatic heterocycles. The topological polar surface area (TPSA) is 30.7 Å². The lowest BCUT2D eigenvalue weighted by molar-refractivity contribution is 0.796. The first-order valence-electron chi connectivity index (χ1n) is 3.19. The molecule has 1 aromatic carbocycles. The summed E-state index contributed by atoms with van der Waals surface area (Å²) in [6.45, 7) is 0. The molecule has 11 heavy (non-hydrogen) atoms. The van der Waals surface area contributed by atoms with Crippen LogP contribution in [0.2, 0.25) is 0 Å². The first-order chi connectivity index (χ1) is 5.40. The van der Waals surface area contributed by atoms with Crippen molar-refractivity contribution in [2.24, 2.45) is 0 Å². The van der Waals surface area contributed by atoms with Crippen LogP contribution >= 0.6 is 0 Å². The first-order valence-corrected chi connectivity index (χ1v) is 3.19. The van der Waals surface area contributed by atoms with E-state index < -0.39 is 0 Å². The third-order valence-corrected chi connectivity index (χ3v) is 1.40. The zero-order valence-electron chi connectivity index (χ0n) is 5.73. The van der Waals surface area contributed by atoms with E-state index in [1.165, 1.54) is 4.80 Å². The minimum absolute atomic E-state index is 0.824. The minimum atomic E-state index is 0.824. The average Bonchev–Trinajstić information content (AvgIpc) is 2.46. The Morgan fingerprint density at radius 1 is 1.18 bits per heavy atom. The average molecular weight is 143 g/mol. The Hall–Kier alpha value is -1.82. The Balaban J connectivity index is 2.81. The minimum Gasteiger partial charge on any atom is -0.140 e. The van der Waals surface area contributed by atoms with E-state index in [1.54, 1.807) is 0 Å². The zero-order chi connectivity index (χ0) is 7.68. The lowest BCUT2D eigenvalue weighted by Gasteiger charge is -1.77. The molecule has 1 heterocycles. The van der Waals surface area contributed by atoms with Gasteiger partial charge in [0.2, 0.25) is 0 Å². The number of terminal acetylenes is 1. The second kappa shape index (κ2) is 2.10. The number of fused-ring (bicyclic) bond motifs is 1. The first kappa shape index (κ1) is 5.93. The Labute approximate surface area is 63.6 Å². The molecule has 0 saturated heterocycles. The summed E-state index contributed by atoms with van der Waals surface area (Å²) in [5.74, 6) is 0. The molecule has 3 heteroatoms. The molecule has 0 fully saturated rings. The lowest BCUT2D eigenvalue weighted by atomic mass is 10.3. The molecule has 0 aliphatic carbocycles. The number of aromatic nitrogens is 3. The van der Waals surface area contributed by atoms with Crippen LogP contribution in [0.15, 0.2) is 24.3 Å². The van der Waals surface area contributed by atoms with E-state index >= 15 is 0 Å². The fraction of sp³-hybridized carbons (Fsp3) is 0. The van der Waals surface area contributed by atoms with Gasteiger partial charge in [0, 0.05) is 0 Å². The second-order valence-corrected chi connectivity index (χ2v) is 2.11. The SMILES string of the molecule is C#Cn1nc2ccccc2n1. The van der Waals surface area contributed by atoms with Crippen molar-refractivity contribution in [3.05, 3.63) is 24.3 Å². The molecule has 0 saturated carbocycles. The molecule has 0 N–H and O–H groups in total. The molecular formula is C8H5N3. The molecule has 0 bridgehead atoms. The molecule has 3 nitrogen and oxygen atoms in total. The van der Waals surface area contributed by atoms with E-state index in [2.05, 4.69) is 16.2 Å². The van der Waals surface area contributed by atoms with E-state index in [1.807, 2.05) is 24.3 Å². The summed E-state index contributed by atoms with van der Waals surface area (Å²) >= 11 is 0. The Morgan fingerprint density at radius 2 is 1.73 bits per heavy atom. The monoisotopic (exact) mass is 143 g/mol. The molecule has 0 radical (unpaired) electrons. The van der Waals surface area contributed by atoms with Crippen LogP contribution in [-0.2, 0) is 0 Å². The highest BCUT2D eigenvalue weighted by Gasteiger charge is 1.96. The van der Waals surface area contributed by atoms with Crippen molar-refractivity contribution in [1.29, 1.82) is 0 Å². The summed E-state index contributed by atoms with van der Waals surface area (Å²) in [6, 6.07) is 9.85. The fourth-order valence-corrected chi connectivity index (χ4v) is 0.917. The van der Waals surface area contributed by atoms with Gasteiger partial charge < -0.3 is 0 Å². The maximum atomic E-state index is 5.10. The van der Waals surface area contributed by atoms with Crippen molar-refractivity contribution in [1.82, 2.24) is 15.0 Å². The van der Waals surface area contributed by atoms with Crippen molar-refractivity contribution in [2.75, 3.05) is 0 Å². The Kier molecular flexibility index (Phi) is 1.13. The second-order valence-electron chi connectivity index (χ2n) is 2.11. The van der Waals surface area contributed by atoms with Gasteiger partial charge in [-0.15, -0.1) is 15.0 Å². The van der Waals surface area contributed by atoms with E-state index in [0.717, 1.165) is 11.0 Å². The van der Waals surface area contributed by atoms with E-state index in [4.69, 9.17) is 6.42 Å². The van der Waals surface area contributed by atoms with Crippen molar-refractivity contribution in [3.8, 4) is 12.5 Å². The molecule has 0 atom stereocenters. The van der Waals surface area contributed by atoms with Crippen LogP contribution in [-0.4, -0.2) is 15.0 Å². The smallest absolute Gasteiger partial charge is 0.114 e. The highest BCUT2D eigenvalue weighted by molar-refractivity contribution is 5.73. The molecule has 2 rings (SSSR count). The summed E-state index contributed by atoms with van der Waals surface area (Å²) in [5, 5.41) is 8.00. The number of benzene rings is 1. The molecule has 2 aromatic rings. The van der Waals surface area contributed by atoms with Crippen LogP contribution in [0.1, 0.15) is 0 Å². The van der Waals surface area contributed by atoms with Crippen molar-refractivity contribution < 1.29 is 0 Å². The predicted molar refractivity (Wildman–Crippen MR) is 41.8 cm³/mol. The molecule has 1 aromatic heterocycles. The Morgan fingerprint density at radius 3 is 2.18 bits per heavy atom. The van der Waals surface area contributed by atoms with Crippen LogP contribution in [0, 0.1) is 12.5 Å². The van der Waals surface area contributed by atoms with Gasteiger partial charge in [-0.2, -0.15) is 0 Å². The number of rotatable bonds is 0. The van der Waals surface area contributed by atoms with Gasteiger partial charge in [0.05, 0.1) is 6.04 Å². The van der Waals surface area contributed by atoms with Crippen molar-refractivity contribution in [3.63, 3.8) is 0 Å². The lowest BCUT2D eigenvalue weighted by Crippen LogP contribution is -1.90. The van der Waals surface area contributed by atoms with Crippen LogP contribution in [0.25, 0.3) is 11.0 Å². The molecule has 0 aliphatic rings. The van der Waals surface area contributed by atoms with E-state index in [0.29, 0.717) is 0 Å². The molecule has 0 unspecified atom stereocenters. The molecular weight excluding hydrogens is 138 g/mol.